The Balaban J connectivity index is 1.52. The van der Waals surface area contributed by atoms with Crippen molar-refractivity contribution in [2.45, 2.75) is 151 Å². The van der Waals surface area contributed by atoms with E-state index in [0.717, 1.165) is 19.3 Å². The quantitative estimate of drug-likeness (QED) is 0.0442. The number of primary amides is 2. The highest BCUT2D eigenvalue weighted by molar-refractivity contribution is 8.77. The second-order valence-electron chi connectivity index (χ2n) is 19.6. The summed E-state index contributed by atoms with van der Waals surface area (Å²) in [4.78, 5) is 131. The monoisotopic (exact) mass is 1080 g/mol. The van der Waals surface area contributed by atoms with Crippen molar-refractivity contribution in [3.05, 3.63) is 65.7 Å². The highest BCUT2D eigenvalue weighted by atomic mass is 33.1. The normalized spacial score (nSPS) is 23.6. The number of hydrogen-bond donors (Lipinski definition) is 10. The Bertz CT molecular complexity index is 2350. The van der Waals surface area contributed by atoms with Crippen LogP contribution in [0, 0.1) is 5.92 Å². The van der Waals surface area contributed by atoms with E-state index >= 15 is 0 Å². The van der Waals surface area contributed by atoms with E-state index in [2.05, 4.69) is 36.9 Å². The van der Waals surface area contributed by atoms with E-state index in [9.17, 15) is 43.2 Å². The summed E-state index contributed by atoms with van der Waals surface area (Å²) >= 11 is 0. The Morgan fingerprint density at radius 2 is 1.41 bits per heavy atom. The highest BCUT2D eigenvalue weighted by Gasteiger charge is 2.42. The van der Waals surface area contributed by atoms with Gasteiger partial charge in [0.1, 0.15) is 48.0 Å². The van der Waals surface area contributed by atoms with Gasteiger partial charge in [-0.1, -0.05) is 97.2 Å². The Hall–Kier alpha value is -6.56. The molecule has 0 radical (unpaired) electrons. The van der Waals surface area contributed by atoms with Crippen molar-refractivity contribution in [3.8, 4) is 5.75 Å². The van der Waals surface area contributed by atoms with Gasteiger partial charge in [0, 0.05) is 42.9 Å². The van der Waals surface area contributed by atoms with Crippen molar-refractivity contribution in [1.82, 2.24) is 36.8 Å². The van der Waals surface area contributed by atoms with Crippen LogP contribution in [0.1, 0.15) is 103 Å². The predicted molar refractivity (Wildman–Crippen MR) is 286 cm³/mol. The smallest absolute Gasteiger partial charge is 0.246 e. The maximum atomic E-state index is 14.8. The van der Waals surface area contributed by atoms with Crippen LogP contribution in [0.25, 0.3) is 0 Å². The van der Waals surface area contributed by atoms with Gasteiger partial charge in [0.25, 0.3) is 0 Å². The van der Waals surface area contributed by atoms with Crippen molar-refractivity contribution >= 4 is 80.7 Å². The van der Waals surface area contributed by atoms with Crippen LogP contribution in [0.5, 0.6) is 5.75 Å². The summed E-state index contributed by atoms with van der Waals surface area (Å²) in [5, 5.41) is 16.6. The van der Waals surface area contributed by atoms with Gasteiger partial charge in [-0.2, -0.15) is 0 Å². The lowest BCUT2D eigenvalue weighted by Gasteiger charge is -2.37. The van der Waals surface area contributed by atoms with Gasteiger partial charge in [-0.05, 0) is 74.6 Å². The molecule has 9 amide bonds. The van der Waals surface area contributed by atoms with E-state index in [0.29, 0.717) is 49.2 Å². The maximum absolute atomic E-state index is 14.8. The van der Waals surface area contributed by atoms with Gasteiger partial charge < -0.3 is 64.5 Å². The van der Waals surface area contributed by atoms with Gasteiger partial charge in [0.15, 0.2) is 5.96 Å². The summed E-state index contributed by atoms with van der Waals surface area (Å²) in [6.45, 7) is 5.92. The molecule has 410 valence electrons. The summed E-state index contributed by atoms with van der Waals surface area (Å²) in [5.74, 6) is -6.86. The fourth-order valence-corrected chi connectivity index (χ4v) is 12.7. The Kier molecular flexibility index (Phi) is 22.9. The Morgan fingerprint density at radius 3 is 2.04 bits per heavy atom. The molecule has 1 saturated carbocycles. The molecule has 2 aromatic rings. The number of likely N-dealkylation sites (tertiary alicyclic amines) is 1. The number of guanidine groups is 1. The first kappa shape index (κ1) is 59.3. The number of nitrogens with two attached hydrogens (primary N) is 4. The number of carbonyl (C=O) groups excluding carboxylic acids is 9. The zero-order valence-electron chi connectivity index (χ0n) is 42.9. The van der Waals surface area contributed by atoms with Crippen LogP contribution in [0.2, 0.25) is 0 Å². The maximum Gasteiger partial charge on any atom is 0.246 e. The molecule has 2 heterocycles. The molecule has 22 nitrogen and oxygen atoms in total. The number of nitrogens with zero attached hydrogens (tertiary/aromatic N) is 2. The molecule has 14 N–H and O–H groups in total. The molecule has 24 heteroatoms. The molecule has 0 unspecified atom stereocenters. The molecule has 5 rings (SSSR count). The first-order valence-electron chi connectivity index (χ1n) is 25.6. The van der Waals surface area contributed by atoms with Crippen molar-refractivity contribution in [2.24, 2.45) is 33.8 Å². The zero-order chi connectivity index (χ0) is 54.7. The molecule has 3 fully saturated rings. The molecule has 0 bridgehead atoms. The Labute approximate surface area is 445 Å². The molecule has 1 spiro atoms. The zero-order valence-corrected chi connectivity index (χ0v) is 44.6. The summed E-state index contributed by atoms with van der Waals surface area (Å²) < 4.78 is 4.95. The van der Waals surface area contributed by atoms with E-state index in [4.69, 9.17) is 27.7 Å². The van der Waals surface area contributed by atoms with Crippen LogP contribution in [0.3, 0.4) is 0 Å². The third kappa shape index (κ3) is 18.4. The second-order valence-corrected chi connectivity index (χ2v) is 22.4. The number of carbonyl (C=O) groups is 9. The SMILES string of the molecule is CCOc1ccc(C[C@H]2NC(=O)CC3(CCCCC3)SSC[C@H](C(=O)N3CCC[C@H]3C(=O)N[C@@H](CCCN=C(N)N)C(N)=O)NC(=O)[C@H](CC(N)=O)NC(=O)[C@H](C(C)C)NC(=O)[C@H](Cc3ccccc3)NC2=O)cc1. The van der Waals surface area contributed by atoms with Crippen LogP contribution in [-0.4, -0.2) is 137 Å². The number of hydrogen-bond acceptors (Lipinski definition) is 13. The molecule has 1 aliphatic carbocycles. The van der Waals surface area contributed by atoms with Crippen LogP contribution in [-0.2, 0) is 56.0 Å². The average molecular weight is 1080 g/mol. The van der Waals surface area contributed by atoms with Crippen molar-refractivity contribution in [3.63, 3.8) is 0 Å². The van der Waals surface area contributed by atoms with Crippen LogP contribution in [0.4, 0.5) is 0 Å². The molecular formula is C51H74N12O10S2. The average Bonchev–Trinajstić information content (AvgIpc) is 3.86. The van der Waals surface area contributed by atoms with Gasteiger partial charge in [-0.3, -0.25) is 48.1 Å². The van der Waals surface area contributed by atoms with E-state index < -0.39 is 113 Å². The lowest BCUT2D eigenvalue weighted by atomic mass is 9.85. The number of rotatable bonds is 17. The molecule has 3 aliphatic rings. The van der Waals surface area contributed by atoms with Crippen molar-refractivity contribution < 1.29 is 47.9 Å². The Morgan fingerprint density at radius 1 is 0.787 bits per heavy atom. The number of aliphatic imine (C=N–C) groups is 1. The van der Waals surface area contributed by atoms with Gasteiger partial charge in [-0.15, -0.1) is 0 Å². The molecule has 2 saturated heterocycles. The number of ether oxygens (including phenoxy) is 1. The van der Waals surface area contributed by atoms with E-state index in [1.54, 1.807) is 68.4 Å². The number of amides is 9. The third-order valence-electron chi connectivity index (χ3n) is 13.3. The predicted octanol–water partition coefficient (Wildman–Crippen LogP) is 0.329. The topological polar surface area (TPSA) is 355 Å². The van der Waals surface area contributed by atoms with Crippen molar-refractivity contribution in [2.75, 3.05) is 25.4 Å². The number of benzene rings is 2. The lowest BCUT2D eigenvalue weighted by molar-refractivity contribution is -0.142. The summed E-state index contributed by atoms with van der Waals surface area (Å²) in [6.07, 6.45) is 4.16. The molecule has 7 atom stereocenters. The number of nitrogens with one attached hydrogen (secondary N) is 6. The van der Waals surface area contributed by atoms with E-state index in [1.165, 1.54) is 26.5 Å². The third-order valence-corrected chi connectivity index (χ3v) is 16.6. The summed E-state index contributed by atoms with van der Waals surface area (Å²) in [6, 6.07) is 7.17. The van der Waals surface area contributed by atoms with Crippen LogP contribution < -0.4 is 59.6 Å². The first-order chi connectivity index (χ1) is 35.8. The molecule has 2 aliphatic heterocycles. The molecular weight excluding hydrogens is 1000 g/mol. The van der Waals surface area contributed by atoms with Gasteiger partial charge in [0.2, 0.25) is 53.2 Å². The van der Waals surface area contributed by atoms with Gasteiger partial charge in [0.05, 0.1) is 13.0 Å². The standard InChI is InChI=1S/C51H74N12O10S2/c1-4-73-33-19-17-32(18-20-33)26-35-44(67)59-36(25-31-13-7-5-8-14-31)46(69)62-42(30(2)3)48(71)60-37(27-40(52)64)45(68)61-38(29-74-75-51(28-41(65)57-35)21-9-6-10-22-51)49(72)63-24-12-16-39(63)47(70)58-34(43(53)66)15-11-23-56-50(54)55/h5,7-8,13-14,17-20,30,34-39,42H,4,6,9-12,15-16,21-29H2,1-3H3,(H2,52,64)(H2,53,66)(H,57,65)(H,58,70)(H,59,67)(H,60,71)(H,61,68)(H,62,69)(H4,54,55,56)/t34-,35+,36-,37-,38+,39-,42-/m0/s1. The lowest BCUT2D eigenvalue weighted by Crippen LogP contribution is -2.61. The van der Waals surface area contributed by atoms with E-state index in [1.807, 2.05) is 6.92 Å². The fraction of sp³-hybridized carbons (Fsp3) is 0.569. The minimum absolute atomic E-state index is 0.000376. The molecule has 75 heavy (non-hydrogen) atoms. The van der Waals surface area contributed by atoms with Gasteiger partial charge >= 0.3 is 0 Å². The van der Waals surface area contributed by atoms with Crippen LogP contribution >= 0.6 is 21.6 Å². The highest BCUT2D eigenvalue weighted by Crippen LogP contribution is 2.48. The van der Waals surface area contributed by atoms with Crippen molar-refractivity contribution in [1.29, 1.82) is 0 Å². The van der Waals surface area contributed by atoms with Gasteiger partial charge in [-0.25, -0.2) is 0 Å². The van der Waals surface area contributed by atoms with Crippen LogP contribution in [0.15, 0.2) is 59.6 Å². The minimum atomic E-state index is -1.63. The first-order valence-corrected chi connectivity index (χ1v) is 27.9. The molecule has 2 aromatic carbocycles. The summed E-state index contributed by atoms with van der Waals surface area (Å²) in [5.41, 5.74) is 23.5. The molecule has 0 aromatic heterocycles. The second kappa shape index (κ2) is 28.9. The van der Waals surface area contributed by atoms with E-state index in [-0.39, 0.29) is 56.9 Å². The fourth-order valence-electron chi connectivity index (χ4n) is 9.38. The minimum Gasteiger partial charge on any atom is -0.494 e. The summed E-state index contributed by atoms with van der Waals surface area (Å²) in [7, 11) is 2.63. The largest absolute Gasteiger partial charge is 0.494 e.